The molecule has 6 heteroatoms. The van der Waals surface area contributed by atoms with E-state index in [0.29, 0.717) is 11.8 Å². The van der Waals surface area contributed by atoms with Crippen LogP contribution in [0.4, 0.5) is 17.6 Å². The number of rotatable bonds is 1. The molecule has 0 unspecified atom stereocenters. The van der Waals surface area contributed by atoms with E-state index in [-0.39, 0.29) is 11.3 Å². The molecule has 2 aromatic rings. The van der Waals surface area contributed by atoms with E-state index in [1.165, 1.54) is 6.07 Å². The first-order valence-corrected chi connectivity index (χ1v) is 5.05. The van der Waals surface area contributed by atoms with Crippen molar-refractivity contribution in [2.75, 3.05) is 0 Å². The largest absolute Gasteiger partial charge is 0.416 e. The van der Waals surface area contributed by atoms with Gasteiger partial charge in [0.1, 0.15) is 5.82 Å². The smallest absolute Gasteiger partial charge is 0.206 e. The minimum atomic E-state index is -4.56. The Kier molecular flexibility index (Phi) is 3.02. The van der Waals surface area contributed by atoms with Crippen molar-refractivity contribution in [1.82, 2.24) is 10.2 Å². The van der Waals surface area contributed by atoms with Gasteiger partial charge in [-0.15, -0.1) is 0 Å². The van der Waals surface area contributed by atoms with Crippen LogP contribution in [0.5, 0.6) is 0 Å². The summed E-state index contributed by atoms with van der Waals surface area (Å²) in [6.07, 6.45) is -4.56. The number of aryl methyl sites for hydroxylation is 1. The van der Waals surface area contributed by atoms with Crippen LogP contribution >= 0.6 is 0 Å². The van der Waals surface area contributed by atoms with Crippen LogP contribution in [0.1, 0.15) is 11.3 Å². The van der Waals surface area contributed by atoms with E-state index in [1.54, 1.807) is 13.0 Å². The lowest BCUT2D eigenvalue weighted by molar-refractivity contribution is -0.137. The summed E-state index contributed by atoms with van der Waals surface area (Å²) in [6.45, 7) is 1.71. The molecule has 0 aliphatic rings. The first-order valence-electron chi connectivity index (χ1n) is 5.05. The predicted molar refractivity (Wildman–Crippen MR) is 57.2 cm³/mol. The predicted octanol–water partition coefficient (Wildman–Crippen LogP) is 3.61. The molecule has 2 rings (SSSR count). The van der Waals surface area contributed by atoms with Gasteiger partial charge in [0.15, 0.2) is 0 Å². The number of hydrogen-bond donors (Lipinski definition) is 0. The lowest BCUT2D eigenvalue weighted by Crippen LogP contribution is -2.05. The Morgan fingerprint density at radius 2 is 1.72 bits per heavy atom. The third kappa shape index (κ3) is 2.47. The highest BCUT2D eigenvalue weighted by atomic mass is 19.4. The third-order valence-corrected chi connectivity index (χ3v) is 2.37. The van der Waals surface area contributed by atoms with Gasteiger partial charge in [-0.2, -0.15) is 23.4 Å². The molecule has 0 N–H and O–H groups in total. The summed E-state index contributed by atoms with van der Waals surface area (Å²) in [5.41, 5.74) is -0.183. The second-order valence-electron chi connectivity index (χ2n) is 3.75. The molecular weight excluding hydrogens is 248 g/mol. The van der Waals surface area contributed by atoms with E-state index in [9.17, 15) is 17.6 Å². The van der Waals surface area contributed by atoms with Crippen molar-refractivity contribution in [3.05, 3.63) is 47.4 Å². The second-order valence-corrected chi connectivity index (χ2v) is 3.75. The summed E-state index contributed by atoms with van der Waals surface area (Å²) in [4.78, 5) is 0. The molecule has 0 bridgehead atoms. The van der Waals surface area contributed by atoms with Crippen LogP contribution in [0.2, 0.25) is 0 Å². The third-order valence-electron chi connectivity index (χ3n) is 2.37. The van der Waals surface area contributed by atoms with Gasteiger partial charge in [-0.05, 0) is 37.3 Å². The zero-order valence-electron chi connectivity index (χ0n) is 9.29. The average Bonchev–Trinajstić information content (AvgIpc) is 2.29. The molecule has 0 radical (unpaired) electrons. The molecule has 1 heterocycles. The Morgan fingerprint density at radius 1 is 1.00 bits per heavy atom. The van der Waals surface area contributed by atoms with Crippen molar-refractivity contribution < 1.29 is 17.6 Å². The standard InChI is InChI=1S/C12H8F4N2/c1-7-2-5-11(18-17-7)9-4-3-8(6-10(9)13)12(14,15)16/h2-6H,1H3. The first-order chi connectivity index (χ1) is 8.38. The maximum Gasteiger partial charge on any atom is 0.416 e. The van der Waals surface area contributed by atoms with Gasteiger partial charge < -0.3 is 0 Å². The molecule has 0 aliphatic heterocycles. The van der Waals surface area contributed by atoms with Crippen molar-refractivity contribution in [2.24, 2.45) is 0 Å². The van der Waals surface area contributed by atoms with Crippen LogP contribution in [0.3, 0.4) is 0 Å². The van der Waals surface area contributed by atoms with Gasteiger partial charge in [-0.1, -0.05) is 0 Å². The molecule has 0 aliphatic carbocycles. The fraction of sp³-hybridized carbons (Fsp3) is 0.167. The fourth-order valence-electron chi connectivity index (χ4n) is 1.44. The highest BCUT2D eigenvalue weighted by molar-refractivity contribution is 5.59. The Morgan fingerprint density at radius 3 is 2.22 bits per heavy atom. The molecule has 18 heavy (non-hydrogen) atoms. The molecule has 0 atom stereocenters. The Balaban J connectivity index is 2.45. The summed E-state index contributed by atoms with van der Waals surface area (Å²) in [5.74, 6) is -0.969. The van der Waals surface area contributed by atoms with Crippen LogP contribution in [0, 0.1) is 12.7 Å². The topological polar surface area (TPSA) is 25.8 Å². The van der Waals surface area contributed by atoms with Gasteiger partial charge in [0.2, 0.25) is 0 Å². The maximum absolute atomic E-state index is 13.6. The highest BCUT2D eigenvalue weighted by Gasteiger charge is 2.31. The molecule has 0 amide bonds. The average molecular weight is 256 g/mol. The molecule has 0 saturated heterocycles. The van der Waals surface area contributed by atoms with Crippen molar-refractivity contribution in [2.45, 2.75) is 13.1 Å². The molecule has 0 saturated carbocycles. The van der Waals surface area contributed by atoms with Crippen LogP contribution in [-0.2, 0) is 6.18 Å². The van der Waals surface area contributed by atoms with E-state index in [0.717, 1.165) is 12.1 Å². The zero-order chi connectivity index (χ0) is 13.3. The van der Waals surface area contributed by atoms with E-state index in [1.807, 2.05) is 0 Å². The van der Waals surface area contributed by atoms with Crippen molar-refractivity contribution in [3.63, 3.8) is 0 Å². The van der Waals surface area contributed by atoms with Crippen LogP contribution in [0.25, 0.3) is 11.3 Å². The number of halogens is 4. The first kappa shape index (κ1) is 12.5. The lowest BCUT2D eigenvalue weighted by atomic mass is 10.1. The maximum atomic E-state index is 13.6. The number of hydrogen-bond acceptors (Lipinski definition) is 2. The molecule has 1 aromatic heterocycles. The van der Waals surface area contributed by atoms with Crippen molar-refractivity contribution >= 4 is 0 Å². The van der Waals surface area contributed by atoms with Gasteiger partial charge in [0.05, 0.1) is 17.0 Å². The number of aromatic nitrogens is 2. The summed E-state index contributed by atoms with van der Waals surface area (Å²) >= 11 is 0. The van der Waals surface area contributed by atoms with E-state index >= 15 is 0 Å². The fourth-order valence-corrected chi connectivity index (χ4v) is 1.44. The van der Waals surface area contributed by atoms with Gasteiger partial charge >= 0.3 is 6.18 Å². The van der Waals surface area contributed by atoms with Crippen molar-refractivity contribution in [3.8, 4) is 11.3 Å². The quantitative estimate of drug-likeness (QED) is 0.728. The van der Waals surface area contributed by atoms with Crippen molar-refractivity contribution in [1.29, 1.82) is 0 Å². The number of benzene rings is 1. The van der Waals surface area contributed by atoms with Crippen LogP contribution in [0.15, 0.2) is 30.3 Å². The van der Waals surface area contributed by atoms with Gasteiger partial charge in [-0.3, -0.25) is 0 Å². The Labute approximate surface area is 100 Å². The molecule has 0 fully saturated rings. The van der Waals surface area contributed by atoms with Gasteiger partial charge in [0, 0.05) is 5.56 Å². The van der Waals surface area contributed by atoms with Crippen LogP contribution < -0.4 is 0 Å². The number of alkyl halides is 3. The molecule has 0 spiro atoms. The zero-order valence-corrected chi connectivity index (χ0v) is 9.29. The summed E-state index contributed by atoms with van der Waals surface area (Å²) in [5, 5.41) is 7.46. The normalized spacial score (nSPS) is 11.6. The van der Waals surface area contributed by atoms with E-state index in [4.69, 9.17) is 0 Å². The highest BCUT2D eigenvalue weighted by Crippen LogP contribution is 2.32. The van der Waals surface area contributed by atoms with Gasteiger partial charge in [-0.25, -0.2) is 4.39 Å². The van der Waals surface area contributed by atoms with E-state index in [2.05, 4.69) is 10.2 Å². The molecule has 94 valence electrons. The minimum Gasteiger partial charge on any atom is -0.206 e. The lowest BCUT2D eigenvalue weighted by Gasteiger charge is -2.08. The Bertz CT molecular complexity index is 561. The molecule has 2 nitrogen and oxygen atoms in total. The molecule has 1 aromatic carbocycles. The summed E-state index contributed by atoms with van der Waals surface area (Å²) in [7, 11) is 0. The Hall–Kier alpha value is -1.98. The monoisotopic (exact) mass is 256 g/mol. The minimum absolute atomic E-state index is 0.00417. The van der Waals surface area contributed by atoms with Crippen LogP contribution in [-0.4, -0.2) is 10.2 Å². The summed E-state index contributed by atoms with van der Waals surface area (Å²) in [6, 6.07) is 5.45. The second kappa shape index (κ2) is 4.36. The number of nitrogens with zero attached hydrogens (tertiary/aromatic N) is 2. The SMILES string of the molecule is Cc1ccc(-c2ccc(C(F)(F)F)cc2F)nn1. The molecular formula is C12H8F4N2. The van der Waals surface area contributed by atoms with Gasteiger partial charge in [0.25, 0.3) is 0 Å². The summed E-state index contributed by atoms with van der Waals surface area (Å²) < 4.78 is 50.7. The van der Waals surface area contributed by atoms with E-state index < -0.39 is 17.6 Å².